The highest BCUT2D eigenvalue weighted by Crippen LogP contribution is 2.23. The standard InChI is InChI=1S/C21H22F2N4O3S/c1-13-3-5-16(11-14(13)2)31(29,30)27-9-7-26(8-10-27)21(28)15-4-6-17-18(12-15)25-20(24-17)19(22)23/h3-6,11-12,19H,7-10H2,1-2H3,(H,24,25). The molecule has 7 nitrogen and oxygen atoms in total. The summed E-state index contributed by atoms with van der Waals surface area (Å²) in [5, 5.41) is 0. The Balaban J connectivity index is 1.47. The van der Waals surface area contributed by atoms with Crippen LogP contribution < -0.4 is 0 Å². The van der Waals surface area contributed by atoms with E-state index in [1.165, 1.54) is 16.4 Å². The zero-order valence-corrected chi connectivity index (χ0v) is 17.9. The van der Waals surface area contributed by atoms with E-state index >= 15 is 0 Å². The number of halogens is 2. The van der Waals surface area contributed by atoms with E-state index in [4.69, 9.17) is 0 Å². The van der Waals surface area contributed by atoms with Gasteiger partial charge in [-0.15, -0.1) is 0 Å². The Hall–Kier alpha value is -2.85. The fourth-order valence-corrected chi connectivity index (χ4v) is 5.11. The van der Waals surface area contributed by atoms with Crippen LogP contribution in [0, 0.1) is 13.8 Å². The van der Waals surface area contributed by atoms with Crippen LogP contribution in [0.15, 0.2) is 41.3 Å². The zero-order valence-electron chi connectivity index (χ0n) is 17.1. The van der Waals surface area contributed by atoms with E-state index in [0.717, 1.165) is 11.1 Å². The first kappa shape index (κ1) is 21.4. The summed E-state index contributed by atoms with van der Waals surface area (Å²) in [7, 11) is -3.64. The van der Waals surface area contributed by atoms with Crippen LogP contribution in [0.25, 0.3) is 11.0 Å². The number of aromatic nitrogens is 2. The molecular formula is C21H22F2N4O3S. The van der Waals surface area contributed by atoms with Gasteiger partial charge in [0.05, 0.1) is 15.9 Å². The second-order valence-electron chi connectivity index (χ2n) is 7.60. The second-order valence-corrected chi connectivity index (χ2v) is 9.53. The molecule has 0 bridgehead atoms. The zero-order chi connectivity index (χ0) is 22.3. The number of amides is 1. The second kappa shape index (κ2) is 8.01. The molecular weight excluding hydrogens is 426 g/mol. The van der Waals surface area contributed by atoms with Gasteiger partial charge in [0.2, 0.25) is 10.0 Å². The van der Waals surface area contributed by atoms with E-state index in [-0.39, 0.29) is 37.0 Å². The monoisotopic (exact) mass is 448 g/mol. The van der Waals surface area contributed by atoms with Gasteiger partial charge in [0, 0.05) is 31.7 Å². The molecule has 4 rings (SSSR count). The first-order valence-electron chi connectivity index (χ1n) is 9.81. The Morgan fingerprint density at radius 3 is 2.39 bits per heavy atom. The molecule has 0 saturated carbocycles. The maximum absolute atomic E-state index is 13.0. The number of rotatable bonds is 4. The van der Waals surface area contributed by atoms with Gasteiger partial charge in [0.25, 0.3) is 12.3 Å². The Kier molecular flexibility index (Phi) is 5.52. The van der Waals surface area contributed by atoms with Gasteiger partial charge < -0.3 is 9.88 Å². The number of aryl methyl sites for hydroxylation is 2. The molecule has 1 aliphatic rings. The molecule has 3 aromatic rings. The number of nitrogens with zero attached hydrogens (tertiary/aromatic N) is 3. The Morgan fingerprint density at radius 2 is 1.74 bits per heavy atom. The molecule has 2 heterocycles. The summed E-state index contributed by atoms with van der Waals surface area (Å²) in [6, 6.07) is 9.60. The highest BCUT2D eigenvalue weighted by atomic mass is 32.2. The van der Waals surface area contributed by atoms with Crippen LogP contribution in [-0.2, 0) is 10.0 Å². The highest BCUT2D eigenvalue weighted by molar-refractivity contribution is 7.89. The number of piperazine rings is 1. The van der Waals surface area contributed by atoms with Gasteiger partial charge in [-0.2, -0.15) is 4.31 Å². The molecule has 1 N–H and O–H groups in total. The van der Waals surface area contributed by atoms with Crippen LogP contribution in [0.5, 0.6) is 0 Å². The number of alkyl halides is 2. The van der Waals surface area contributed by atoms with Crippen LogP contribution in [-0.4, -0.2) is 59.7 Å². The molecule has 0 spiro atoms. The number of sulfonamides is 1. The van der Waals surface area contributed by atoms with Gasteiger partial charge >= 0.3 is 0 Å². The molecule has 1 amide bonds. The third-order valence-corrected chi connectivity index (χ3v) is 7.49. The number of benzene rings is 2. The van der Waals surface area contributed by atoms with E-state index < -0.39 is 22.3 Å². The Bertz CT molecular complexity index is 1250. The summed E-state index contributed by atoms with van der Waals surface area (Å²) >= 11 is 0. The van der Waals surface area contributed by atoms with Gasteiger partial charge in [-0.25, -0.2) is 22.2 Å². The average molecular weight is 448 g/mol. The van der Waals surface area contributed by atoms with Crippen LogP contribution >= 0.6 is 0 Å². The Morgan fingerprint density at radius 1 is 1.03 bits per heavy atom. The number of carbonyl (C=O) groups is 1. The highest BCUT2D eigenvalue weighted by Gasteiger charge is 2.30. The molecule has 10 heteroatoms. The van der Waals surface area contributed by atoms with E-state index in [1.54, 1.807) is 29.2 Å². The van der Waals surface area contributed by atoms with Crippen molar-refractivity contribution in [2.45, 2.75) is 25.2 Å². The molecule has 1 fully saturated rings. The summed E-state index contributed by atoms with van der Waals surface area (Å²) in [6.45, 7) is 4.64. The summed E-state index contributed by atoms with van der Waals surface area (Å²) in [6.07, 6.45) is -2.72. The maximum Gasteiger partial charge on any atom is 0.295 e. The lowest BCUT2D eigenvalue weighted by atomic mass is 10.1. The van der Waals surface area contributed by atoms with E-state index in [1.807, 2.05) is 13.8 Å². The van der Waals surface area contributed by atoms with Crippen LogP contribution in [0.4, 0.5) is 8.78 Å². The number of hydrogen-bond donors (Lipinski definition) is 1. The first-order valence-corrected chi connectivity index (χ1v) is 11.3. The molecule has 164 valence electrons. The molecule has 1 saturated heterocycles. The minimum absolute atomic E-state index is 0.183. The molecule has 1 aromatic heterocycles. The molecule has 0 unspecified atom stereocenters. The summed E-state index contributed by atoms with van der Waals surface area (Å²) in [4.78, 5) is 21.0. The number of H-pyrrole nitrogens is 1. The predicted octanol–water partition coefficient (Wildman–Crippen LogP) is 3.26. The largest absolute Gasteiger partial charge is 0.337 e. The third-order valence-electron chi connectivity index (χ3n) is 5.60. The molecule has 31 heavy (non-hydrogen) atoms. The van der Waals surface area contributed by atoms with Crippen molar-refractivity contribution in [3.8, 4) is 0 Å². The van der Waals surface area contributed by atoms with Gasteiger partial charge in [-0.05, 0) is 55.3 Å². The normalized spacial score (nSPS) is 15.7. The van der Waals surface area contributed by atoms with Gasteiger partial charge in [-0.3, -0.25) is 4.79 Å². The van der Waals surface area contributed by atoms with Crippen molar-refractivity contribution in [2.24, 2.45) is 0 Å². The summed E-state index contributed by atoms with van der Waals surface area (Å²) < 4.78 is 52.9. The fraction of sp³-hybridized carbons (Fsp3) is 0.333. The van der Waals surface area contributed by atoms with Crippen molar-refractivity contribution in [1.29, 1.82) is 0 Å². The van der Waals surface area contributed by atoms with Gasteiger partial charge in [0.1, 0.15) is 0 Å². The van der Waals surface area contributed by atoms with Crippen molar-refractivity contribution < 1.29 is 22.0 Å². The number of fused-ring (bicyclic) bond motifs is 1. The minimum Gasteiger partial charge on any atom is -0.337 e. The lowest BCUT2D eigenvalue weighted by Crippen LogP contribution is -2.50. The SMILES string of the molecule is Cc1ccc(S(=O)(=O)N2CCN(C(=O)c3ccc4nc(C(F)F)[nH]c4c3)CC2)cc1C. The number of carbonyl (C=O) groups excluding carboxylic acids is 1. The molecule has 0 aliphatic carbocycles. The van der Waals surface area contributed by atoms with E-state index in [9.17, 15) is 22.0 Å². The lowest BCUT2D eigenvalue weighted by molar-refractivity contribution is 0.0698. The number of hydrogen-bond acceptors (Lipinski definition) is 4. The number of nitrogens with one attached hydrogen (secondary N) is 1. The van der Waals surface area contributed by atoms with E-state index in [0.29, 0.717) is 16.6 Å². The first-order chi connectivity index (χ1) is 14.7. The summed E-state index contributed by atoms with van der Waals surface area (Å²) in [5.41, 5.74) is 2.97. The van der Waals surface area contributed by atoms with Crippen molar-refractivity contribution in [3.05, 3.63) is 58.9 Å². The fourth-order valence-electron chi connectivity index (χ4n) is 3.60. The van der Waals surface area contributed by atoms with Crippen LogP contribution in [0.2, 0.25) is 0 Å². The molecule has 0 radical (unpaired) electrons. The lowest BCUT2D eigenvalue weighted by Gasteiger charge is -2.34. The summed E-state index contributed by atoms with van der Waals surface area (Å²) in [5.74, 6) is -0.719. The van der Waals surface area contributed by atoms with E-state index in [2.05, 4.69) is 9.97 Å². The maximum atomic E-state index is 13.0. The van der Waals surface area contributed by atoms with Crippen molar-refractivity contribution in [2.75, 3.05) is 26.2 Å². The predicted molar refractivity (Wildman–Crippen MR) is 112 cm³/mol. The minimum atomic E-state index is -3.64. The van der Waals surface area contributed by atoms with Crippen molar-refractivity contribution in [3.63, 3.8) is 0 Å². The number of imidazole rings is 1. The average Bonchev–Trinajstić information content (AvgIpc) is 3.19. The molecule has 2 aromatic carbocycles. The quantitative estimate of drug-likeness (QED) is 0.664. The van der Waals surface area contributed by atoms with Crippen molar-refractivity contribution >= 4 is 27.0 Å². The number of aromatic amines is 1. The van der Waals surface area contributed by atoms with Crippen molar-refractivity contribution in [1.82, 2.24) is 19.2 Å². The smallest absolute Gasteiger partial charge is 0.295 e. The Labute approximate surface area is 178 Å². The molecule has 0 atom stereocenters. The van der Waals surface area contributed by atoms with Crippen LogP contribution in [0.3, 0.4) is 0 Å². The van der Waals surface area contributed by atoms with Gasteiger partial charge in [0.15, 0.2) is 5.82 Å². The molecule has 1 aliphatic heterocycles. The van der Waals surface area contributed by atoms with Gasteiger partial charge in [-0.1, -0.05) is 6.07 Å². The van der Waals surface area contributed by atoms with Crippen LogP contribution in [0.1, 0.15) is 33.7 Å². The topological polar surface area (TPSA) is 86.4 Å². The third kappa shape index (κ3) is 4.05.